The van der Waals surface area contributed by atoms with Gasteiger partial charge < -0.3 is 10.2 Å². The van der Waals surface area contributed by atoms with E-state index in [1.54, 1.807) is 19.2 Å². The maximum Gasteiger partial charge on any atom is 0.311 e. The maximum absolute atomic E-state index is 12.7. The van der Waals surface area contributed by atoms with Gasteiger partial charge >= 0.3 is 11.8 Å². The van der Waals surface area contributed by atoms with Crippen LogP contribution in [0.1, 0.15) is 25.3 Å². The zero-order chi connectivity index (χ0) is 14.3. The maximum atomic E-state index is 12.7. The summed E-state index contributed by atoms with van der Waals surface area (Å²) in [5.41, 5.74) is 0.749. The molecule has 0 fully saturated rings. The van der Waals surface area contributed by atoms with E-state index in [-0.39, 0.29) is 12.4 Å². The molecule has 1 rings (SSSR count). The van der Waals surface area contributed by atoms with Crippen molar-refractivity contribution in [1.82, 2.24) is 10.2 Å². The van der Waals surface area contributed by atoms with Crippen LogP contribution in [0.3, 0.4) is 0 Å². The first-order valence-corrected chi connectivity index (χ1v) is 6.32. The van der Waals surface area contributed by atoms with Gasteiger partial charge in [0.05, 0.1) is 0 Å². The van der Waals surface area contributed by atoms with Crippen LogP contribution in [0.15, 0.2) is 24.3 Å². The van der Waals surface area contributed by atoms with Crippen molar-refractivity contribution < 1.29 is 14.0 Å². The van der Waals surface area contributed by atoms with Gasteiger partial charge in [0.1, 0.15) is 5.82 Å². The van der Waals surface area contributed by atoms with Crippen molar-refractivity contribution in [1.29, 1.82) is 0 Å². The topological polar surface area (TPSA) is 49.4 Å². The summed E-state index contributed by atoms with van der Waals surface area (Å²) >= 11 is 0. The average molecular weight is 266 g/mol. The van der Waals surface area contributed by atoms with E-state index in [1.165, 1.54) is 17.0 Å². The molecule has 1 aromatic carbocycles. The molecular formula is C14H19FN2O2. The minimum atomic E-state index is -0.636. The number of likely N-dealkylation sites (N-methyl/N-ethyl adjacent to an activating group) is 1. The summed E-state index contributed by atoms with van der Waals surface area (Å²) in [7, 11) is 1.61. The molecule has 1 N–H and O–H groups in total. The number of unbranched alkanes of at least 4 members (excludes halogenated alkanes) is 1. The van der Waals surface area contributed by atoms with E-state index in [2.05, 4.69) is 5.32 Å². The number of halogens is 1. The van der Waals surface area contributed by atoms with Crippen LogP contribution in [-0.4, -0.2) is 30.3 Å². The van der Waals surface area contributed by atoms with Gasteiger partial charge in [-0.3, -0.25) is 9.59 Å². The van der Waals surface area contributed by atoms with Crippen LogP contribution < -0.4 is 5.32 Å². The molecule has 104 valence electrons. The average Bonchev–Trinajstić information content (AvgIpc) is 2.42. The van der Waals surface area contributed by atoms with Gasteiger partial charge in [0.2, 0.25) is 0 Å². The first-order valence-electron chi connectivity index (χ1n) is 6.32. The van der Waals surface area contributed by atoms with Crippen LogP contribution in [0.4, 0.5) is 4.39 Å². The number of rotatable bonds is 5. The largest absolute Gasteiger partial charge is 0.344 e. The smallest absolute Gasteiger partial charge is 0.311 e. The lowest BCUT2D eigenvalue weighted by molar-refractivity contribution is -0.145. The number of carbonyl (C=O) groups excluding carboxylic acids is 2. The lowest BCUT2D eigenvalue weighted by atomic mass is 10.2. The molecule has 0 radical (unpaired) electrons. The Kier molecular flexibility index (Phi) is 5.99. The SMILES string of the molecule is CCCCN(C)C(=O)C(=O)NCc1ccc(F)cc1. The predicted octanol–water partition coefficient (Wildman–Crippen LogP) is 1.70. The lowest BCUT2D eigenvalue weighted by Gasteiger charge is -2.16. The highest BCUT2D eigenvalue weighted by atomic mass is 19.1. The highest BCUT2D eigenvalue weighted by Gasteiger charge is 2.17. The minimum Gasteiger partial charge on any atom is -0.344 e. The number of hydrogen-bond acceptors (Lipinski definition) is 2. The third-order valence-corrected chi connectivity index (χ3v) is 2.75. The number of nitrogens with one attached hydrogen (secondary N) is 1. The number of hydrogen-bond donors (Lipinski definition) is 1. The first kappa shape index (κ1) is 15.1. The van der Waals surface area contributed by atoms with Crippen molar-refractivity contribution in [3.8, 4) is 0 Å². The molecule has 1 aromatic rings. The van der Waals surface area contributed by atoms with Crippen molar-refractivity contribution in [3.05, 3.63) is 35.6 Å². The van der Waals surface area contributed by atoms with Crippen molar-refractivity contribution >= 4 is 11.8 Å². The normalized spacial score (nSPS) is 10.1. The minimum absolute atomic E-state index is 0.215. The lowest BCUT2D eigenvalue weighted by Crippen LogP contribution is -2.41. The van der Waals surface area contributed by atoms with Gasteiger partial charge in [0.15, 0.2) is 0 Å². The Bertz CT molecular complexity index is 432. The van der Waals surface area contributed by atoms with Crippen LogP contribution in [0.2, 0.25) is 0 Å². The Balaban J connectivity index is 2.42. The molecule has 0 aromatic heterocycles. The molecule has 0 atom stereocenters. The molecule has 2 amide bonds. The Morgan fingerprint density at radius 1 is 1.26 bits per heavy atom. The fourth-order valence-corrected chi connectivity index (χ4v) is 1.53. The monoisotopic (exact) mass is 266 g/mol. The van der Waals surface area contributed by atoms with Crippen LogP contribution in [-0.2, 0) is 16.1 Å². The summed E-state index contributed by atoms with van der Waals surface area (Å²) in [4.78, 5) is 24.7. The van der Waals surface area contributed by atoms with Crippen molar-refractivity contribution in [2.75, 3.05) is 13.6 Å². The van der Waals surface area contributed by atoms with Crippen molar-refractivity contribution in [3.63, 3.8) is 0 Å². The molecule has 0 unspecified atom stereocenters. The van der Waals surface area contributed by atoms with E-state index in [0.29, 0.717) is 6.54 Å². The Labute approximate surface area is 112 Å². The van der Waals surface area contributed by atoms with Crippen LogP contribution >= 0.6 is 0 Å². The quantitative estimate of drug-likeness (QED) is 0.825. The fraction of sp³-hybridized carbons (Fsp3) is 0.429. The van der Waals surface area contributed by atoms with Crippen LogP contribution in [0.5, 0.6) is 0 Å². The number of nitrogens with zero attached hydrogens (tertiary/aromatic N) is 1. The standard InChI is InChI=1S/C14H19FN2O2/c1-3-4-9-17(2)14(19)13(18)16-10-11-5-7-12(15)8-6-11/h5-8H,3-4,9-10H2,1-2H3,(H,16,18). The van der Waals surface area contributed by atoms with E-state index in [0.717, 1.165) is 18.4 Å². The van der Waals surface area contributed by atoms with Gasteiger partial charge in [-0.25, -0.2) is 4.39 Å². The zero-order valence-corrected chi connectivity index (χ0v) is 11.3. The molecule has 0 spiro atoms. The van der Waals surface area contributed by atoms with Gasteiger partial charge in [-0.2, -0.15) is 0 Å². The molecule has 0 aliphatic carbocycles. The predicted molar refractivity (Wildman–Crippen MR) is 70.8 cm³/mol. The number of carbonyl (C=O) groups is 2. The second-order valence-corrected chi connectivity index (χ2v) is 4.39. The summed E-state index contributed by atoms with van der Waals surface area (Å²) in [6.45, 7) is 2.80. The molecule has 0 aliphatic rings. The van der Waals surface area contributed by atoms with E-state index < -0.39 is 11.8 Å². The molecule has 4 nitrogen and oxygen atoms in total. The van der Waals surface area contributed by atoms with E-state index in [9.17, 15) is 14.0 Å². The first-order chi connectivity index (χ1) is 9.04. The summed E-state index contributed by atoms with van der Waals surface area (Å²) < 4.78 is 12.7. The second kappa shape index (κ2) is 7.51. The fourth-order valence-electron chi connectivity index (χ4n) is 1.53. The third-order valence-electron chi connectivity index (χ3n) is 2.75. The highest BCUT2D eigenvalue weighted by molar-refractivity contribution is 6.34. The number of benzene rings is 1. The summed E-state index contributed by atoms with van der Waals surface area (Å²) in [6.07, 6.45) is 1.84. The summed E-state index contributed by atoms with van der Waals surface area (Å²) in [5, 5.41) is 2.52. The molecule has 0 aliphatic heterocycles. The molecule has 0 heterocycles. The van der Waals surface area contributed by atoms with E-state index >= 15 is 0 Å². The summed E-state index contributed by atoms with van der Waals surface area (Å²) in [5.74, 6) is -1.51. The summed E-state index contributed by atoms with van der Waals surface area (Å²) in [6, 6.07) is 5.77. The zero-order valence-electron chi connectivity index (χ0n) is 11.3. The Morgan fingerprint density at radius 3 is 2.47 bits per heavy atom. The van der Waals surface area contributed by atoms with E-state index in [1.807, 2.05) is 6.92 Å². The molecule has 0 saturated heterocycles. The van der Waals surface area contributed by atoms with Crippen LogP contribution in [0, 0.1) is 5.82 Å². The number of amides is 2. The van der Waals surface area contributed by atoms with Crippen LogP contribution in [0.25, 0.3) is 0 Å². The van der Waals surface area contributed by atoms with Gasteiger partial charge in [-0.05, 0) is 24.1 Å². The Hall–Kier alpha value is -1.91. The molecule has 0 saturated carbocycles. The molecule has 5 heteroatoms. The van der Waals surface area contributed by atoms with Gasteiger partial charge in [0.25, 0.3) is 0 Å². The molecule has 19 heavy (non-hydrogen) atoms. The highest BCUT2D eigenvalue weighted by Crippen LogP contribution is 2.02. The Morgan fingerprint density at radius 2 is 1.89 bits per heavy atom. The van der Waals surface area contributed by atoms with E-state index in [4.69, 9.17) is 0 Å². The van der Waals surface area contributed by atoms with Gasteiger partial charge in [-0.1, -0.05) is 25.5 Å². The molecule has 0 bridgehead atoms. The van der Waals surface area contributed by atoms with Gasteiger partial charge in [0, 0.05) is 20.1 Å². The van der Waals surface area contributed by atoms with Crippen molar-refractivity contribution in [2.45, 2.75) is 26.3 Å². The van der Waals surface area contributed by atoms with Gasteiger partial charge in [-0.15, -0.1) is 0 Å². The third kappa shape index (κ3) is 5.07. The van der Waals surface area contributed by atoms with Crippen molar-refractivity contribution in [2.24, 2.45) is 0 Å². The second-order valence-electron chi connectivity index (χ2n) is 4.39. The molecular weight excluding hydrogens is 247 g/mol.